The van der Waals surface area contributed by atoms with Crippen molar-refractivity contribution in [1.82, 2.24) is 0 Å². The molecule has 1 aromatic carbocycles. The van der Waals surface area contributed by atoms with Crippen molar-refractivity contribution in [2.45, 2.75) is 25.6 Å². The summed E-state index contributed by atoms with van der Waals surface area (Å²) in [5.41, 5.74) is 3.07. The fraction of sp³-hybridized carbons (Fsp3) is 0.462. The highest BCUT2D eigenvalue weighted by molar-refractivity contribution is 9.08. The molecule has 1 aromatic rings. The lowest BCUT2D eigenvalue weighted by atomic mass is 10.0. The number of ether oxygens (including phenoxy) is 2. The maximum Gasteiger partial charge on any atom is 0.310 e. The summed E-state index contributed by atoms with van der Waals surface area (Å²) in [6.45, 7) is 4.19. The molecule has 0 bridgehead atoms. The van der Waals surface area contributed by atoms with Gasteiger partial charge >= 0.3 is 5.97 Å². The van der Waals surface area contributed by atoms with E-state index in [0.717, 1.165) is 22.4 Å². The van der Waals surface area contributed by atoms with Gasteiger partial charge in [-0.2, -0.15) is 0 Å². The van der Waals surface area contributed by atoms with Crippen molar-refractivity contribution in [2.24, 2.45) is 0 Å². The summed E-state index contributed by atoms with van der Waals surface area (Å²) >= 11 is 3.41. The van der Waals surface area contributed by atoms with Crippen molar-refractivity contribution in [3.8, 4) is 5.75 Å². The van der Waals surface area contributed by atoms with Crippen LogP contribution in [0.4, 0.5) is 0 Å². The molecule has 0 amide bonds. The number of halogens is 1. The van der Waals surface area contributed by atoms with Gasteiger partial charge in [0.25, 0.3) is 0 Å². The summed E-state index contributed by atoms with van der Waals surface area (Å²) < 4.78 is 10.2. The number of methoxy groups -OCH3 is 1. The summed E-state index contributed by atoms with van der Waals surface area (Å²) in [6, 6.07) is 3.94. The first-order valence-electron chi connectivity index (χ1n) is 5.50. The maximum atomic E-state index is 11.5. The summed E-state index contributed by atoms with van der Waals surface area (Å²) in [6.07, 6.45) is 0.309. The summed E-state index contributed by atoms with van der Waals surface area (Å²) in [5.74, 6) is 0.647. The second-order valence-electron chi connectivity index (χ2n) is 3.71. The first-order chi connectivity index (χ1) is 8.12. The van der Waals surface area contributed by atoms with Gasteiger partial charge in [-0.3, -0.25) is 4.79 Å². The molecule has 0 N–H and O–H groups in total. The lowest BCUT2D eigenvalue weighted by molar-refractivity contribution is -0.142. The standard InChI is InChI=1S/C13H17BrO3/c1-4-17-13(15)7-10-6-11(8-14)12(16-3)5-9(10)2/h5-6H,4,7-8H2,1-3H3. The number of hydrogen-bond acceptors (Lipinski definition) is 3. The van der Waals surface area contributed by atoms with Gasteiger partial charge in [-0.1, -0.05) is 22.0 Å². The zero-order valence-corrected chi connectivity index (χ0v) is 12.0. The van der Waals surface area contributed by atoms with Crippen LogP contribution in [-0.2, 0) is 21.3 Å². The third kappa shape index (κ3) is 3.73. The summed E-state index contributed by atoms with van der Waals surface area (Å²) in [7, 11) is 1.64. The van der Waals surface area contributed by atoms with E-state index >= 15 is 0 Å². The molecule has 0 aliphatic rings. The fourth-order valence-electron chi connectivity index (χ4n) is 1.63. The largest absolute Gasteiger partial charge is 0.496 e. The van der Waals surface area contributed by atoms with E-state index in [1.165, 1.54) is 0 Å². The molecule has 0 unspecified atom stereocenters. The number of alkyl halides is 1. The third-order valence-corrected chi connectivity index (χ3v) is 3.13. The molecule has 0 aliphatic carbocycles. The van der Waals surface area contributed by atoms with Crippen LogP contribution in [0.2, 0.25) is 0 Å². The Morgan fingerprint density at radius 3 is 2.59 bits per heavy atom. The van der Waals surface area contributed by atoms with Gasteiger partial charge in [-0.25, -0.2) is 0 Å². The molecule has 0 saturated carbocycles. The van der Waals surface area contributed by atoms with Crippen molar-refractivity contribution in [2.75, 3.05) is 13.7 Å². The van der Waals surface area contributed by atoms with E-state index in [-0.39, 0.29) is 5.97 Å². The van der Waals surface area contributed by atoms with Gasteiger partial charge in [0.05, 0.1) is 20.1 Å². The molecule has 3 nitrogen and oxygen atoms in total. The Labute approximate surface area is 110 Å². The molecule has 0 radical (unpaired) electrons. The summed E-state index contributed by atoms with van der Waals surface area (Å²) in [4.78, 5) is 11.5. The van der Waals surface area contributed by atoms with Crippen LogP contribution >= 0.6 is 15.9 Å². The molecular weight excluding hydrogens is 284 g/mol. The molecule has 0 fully saturated rings. The van der Waals surface area contributed by atoms with E-state index in [0.29, 0.717) is 18.4 Å². The average Bonchev–Trinajstić information content (AvgIpc) is 2.31. The molecule has 1 rings (SSSR count). The molecule has 0 spiro atoms. The molecule has 4 heteroatoms. The third-order valence-electron chi connectivity index (χ3n) is 2.52. The summed E-state index contributed by atoms with van der Waals surface area (Å²) in [5, 5.41) is 0.701. The SMILES string of the molecule is CCOC(=O)Cc1cc(CBr)c(OC)cc1C. The first kappa shape index (κ1) is 14.0. The van der Waals surface area contributed by atoms with Crippen LogP contribution in [-0.4, -0.2) is 19.7 Å². The average molecular weight is 301 g/mol. The molecule has 0 atom stereocenters. The Hall–Kier alpha value is -1.03. The van der Waals surface area contributed by atoms with Gasteiger partial charge in [0.15, 0.2) is 0 Å². The van der Waals surface area contributed by atoms with Crippen LogP contribution in [0.5, 0.6) is 5.75 Å². The number of carbonyl (C=O) groups is 1. The molecule has 17 heavy (non-hydrogen) atoms. The minimum absolute atomic E-state index is 0.193. The number of benzene rings is 1. The van der Waals surface area contributed by atoms with E-state index < -0.39 is 0 Å². The molecular formula is C13H17BrO3. The van der Waals surface area contributed by atoms with Gasteiger partial charge < -0.3 is 9.47 Å². The van der Waals surface area contributed by atoms with Gasteiger partial charge in [0.2, 0.25) is 0 Å². The zero-order valence-electron chi connectivity index (χ0n) is 10.4. The van der Waals surface area contributed by atoms with Gasteiger partial charge in [-0.05, 0) is 31.0 Å². The molecule has 0 aromatic heterocycles. The van der Waals surface area contributed by atoms with Crippen molar-refractivity contribution in [3.63, 3.8) is 0 Å². The van der Waals surface area contributed by atoms with Crippen LogP contribution in [0.3, 0.4) is 0 Å². The normalized spacial score (nSPS) is 10.1. The second kappa shape index (κ2) is 6.64. The van der Waals surface area contributed by atoms with Crippen LogP contribution in [0.1, 0.15) is 23.6 Å². The van der Waals surface area contributed by atoms with Gasteiger partial charge in [0.1, 0.15) is 5.75 Å². The smallest absolute Gasteiger partial charge is 0.310 e. The first-order valence-corrected chi connectivity index (χ1v) is 6.62. The maximum absolute atomic E-state index is 11.5. The van der Waals surface area contributed by atoms with E-state index in [9.17, 15) is 4.79 Å². The number of esters is 1. The van der Waals surface area contributed by atoms with Crippen molar-refractivity contribution in [3.05, 3.63) is 28.8 Å². The molecule has 94 valence electrons. The zero-order chi connectivity index (χ0) is 12.8. The van der Waals surface area contributed by atoms with Crippen molar-refractivity contribution in [1.29, 1.82) is 0 Å². The molecule has 0 saturated heterocycles. The van der Waals surface area contributed by atoms with Crippen LogP contribution < -0.4 is 4.74 Å². The Morgan fingerprint density at radius 1 is 1.35 bits per heavy atom. The monoisotopic (exact) mass is 300 g/mol. The van der Waals surface area contributed by atoms with E-state index in [4.69, 9.17) is 9.47 Å². The number of aryl methyl sites for hydroxylation is 1. The topological polar surface area (TPSA) is 35.5 Å². The molecule has 0 heterocycles. The second-order valence-corrected chi connectivity index (χ2v) is 4.27. The minimum Gasteiger partial charge on any atom is -0.496 e. The van der Waals surface area contributed by atoms with E-state index in [1.807, 2.05) is 26.0 Å². The Bertz CT molecular complexity index is 402. The quantitative estimate of drug-likeness (QED) is 0.619. The minimum atomic E-state index is -0.193. The Kier molecular flexibility index (Phi) is 5.48. The van der Waals surface area contributed by atoms with Gasteiger partial charge in [-0.15, -0.1) is 0 Å². The highest BCUT2D eigenvalue weighted by Gasteiger charge is 2.11. The lowest BCUT2D eigenvalue weighted by Gasteiger charge is -2.12. The lowest BCUT2D eigenvalue weighted by Crippen LogP contribution is -2.09. The van der Waals surface area contributed by atoms with Crippen LogP contribution in [0.25, 0.3) is 0 Å². The number of carbonyl (C=O) groups excluding carboxylic acids is 1. The fourth-order valence-corrected chi connectivity index (χ4v) is 2.07. The van der Waals surface area contributed by atoms with Crippen molar-refractivity contribution < 1.29 is 14.3 Å². The highest BCUT2D eigenvalue weighted by Crippen LogP contribution is 2.25. The molecule has 0 aliphatic heterocycles. The van der Waals surface area contributed by atoms with Gasteiger partial charge in [0, 0.05) is 10.9 Å². The van der Waals surface area contributed by atoms with Crippen molar-refractivity contribution >= 4 is 21.9 Å². The van der Waals surface area contributed by atoms with E-state index in [2.05, 4.69) is 15.9 Å². The van der Waals surface area contributed by atoms with Crippen LogP contribution in [0, 0.1) is 6.92 Å². The van der Waals surface area contributed by atoms with Crippen LogP contribution in [0.15, 0.2) is 12.1 Å². The Balaban J connectivity index is 2.96. The Morgan fingerprint density at radius 2 is 2.06 bits per heavy atom. The number of rotatable bonds is 5. The van der Waals surface area contributed by atoms with E-state index in [1.54, 1.807) is 7.11 Å². The highest BCUT2D eigenvalue weighted by atomic mass is 79.9. The predicted molar refractivity (Wildman–Crippen MR) is 70.7 cm³/mol. The predicted octanol–water partition coefficient (Wildman–Crippen LogP) is 3.00. The number of hydrogen-bond donors (Lipinski definition) is 0.